The van der Waals surface area contributed by atoms with Gasteiger partial charge in [-0.25, -0.2) is 4.79 Å². The standard InChI is InChI=1S/C18H19NO5/c1-12(15-8-9-17(22-2)16(20)10-15)19-24-11-13-4-6-14(7-5-13)18(21)23-3/h4-10,20H,11H2,1-3H3/b19-12-. The molecular formula is C18H19NO5. The third-order valence-corrected chi connectivity index (χ3v) is 3.40. The molecule has 0 spiro atoms. The summed E-state index contributed by atoms with van der Waals surface area (Å²) in [6, 6.07) is 11.9. The summed E-state index contributed by atoms with van der Waals surface area (Å²) in [4.78, 5) is 16.7. The number of esters is 1. The maximum atomic E-state index is 11.4. The van der Waals surface area contributed by atoms with Crippen LogP contribution in [0.1, 0.15) is 28.4 Å². The number of rotatable bonds is 6. The molecule has 0 aliphatic carbocycles. The minimum atomic E-state index is -0.379. The van der Waals surface area contributed by atoms with Gasteiger partial charge in [0.2, 0.25) is 0 Å². The minimum Gasteiger partial charge on any atom is -0.504 e. The molecule has 0 aliphatic heterocycles. The smallest absolute Gasteiger partial charge is 0.337 e. The lowest BCUT2D eigenvalue weighted by atomic mass is 10.1. The highest BCUT2D eigenvalue weighted by atomic mass is 16.6. The molecule has 2 aromatic rings. The topological polar surface area (TPSA) is 77.4 Å². The summed E-state index contributed by atoms with van der Waals surface area (Å²) in [6.07, 6.45) is 0. The highest BCUT2D eigenvalue weighted by molar-refractivity contribution is 5.98. The maximum absolute atomic E-state index is 11.4. The monoisotopic (exact) mass is 329 g/mol. The molecule has 6 heteroatoms. The summed E-state index contributed by atoms with van der Waals surface area (Å²) in [5.74, 6) is 0.0664. The van der Waals surface area contributed by atoms with E-state index in [4.69, 9.17) is 9.57 Å². The first-order valence-corrected chi connectivity index (χ1v) is 7.26. The quantitative estimate of drug-likeness (QED) is 0.500. The molecule has 0 saturated heterocycles. The van der Waals surface area contributed by atoms with Gasteiger partial charge in [0, 0.05) is 5.56 Å². The summed E-state index contributed by atoms with van der Waals surface area (Å²) in [5, 5.41) is 13.8. The molecule has 0 unspecified atom stereocenters. The van der Waals surface area contributed by atoms with E-state index >= 15 is 0 Å². The number of carbonyl (C=O) groups is 1. The van der Waals surface area contributed by atoms with Crippen molar-refractivity contribution < 1.29 is 24.2 Å². The number of ether oxygens (including phenoxy) is 2. The second-order valence-corrected chi connectivity index (χ2v) is 5.03. The second kappa shape index (κ2) is 8.01. The van der Waals surface area contributed by atoms with Gasteiger partial charge in [0.15, 0.2) is 11.5 Å². The highest BCUT2D eigenvalue weighted by Gasteiger charge is 2.06. The Labute approximate surface area is 140 Å². The molecule has 0 fully saturated rings. The Kier molecular flexibility index (Phi) is 5.78. The number of phenolic OH excluding ortho intramolecular Hbond substituents is 1. The van der Waals surface area contributed by atoms with E-state index in [1.165, 1.54) is 14.2 Å². The van der Waals surface area contributed by atoms with Crippen LogP contribution in [0.25, 0.3) is 0 Å². The average Bonchev–Trinajstić information content (AvgIpc) is 2.61. The molecule has 0 radical (unpaired) electrons. The molecule has 24 heavy (non-hydrogen) atoms. The number of carbonyl (C=O) groups excluding carboxylic acids is 1. The fourth-order valence-electron chi connectivity index (χ4n) is 2.03. The van der Waals surface area contributed by atoms with Crippen LogP contribution in [0.2, 0.25) is 0 Å². The Balaban J connectivity index is 1.98. The molecule has 0 atom stereocenters. The predicted octanol–water partition coefficient (Wildman–Crippen LogP) is 3.13. The van der Waals surface area contributed by atoms with E-state index in [0.717, 1.165) is 11.1 Å². The molecule has 6 nitrogen and oxygen atoms in total. The SMILES string of the molecule is COC(=O)c1ccc(CO/N=C(/C)c2ccc(OC)c(O)c2)cc1. The first-order valence-electron chi connectivity index (χ1n) is 7.26. The molecule has 0 aromatic heterocycles. The van der Waals surface area contributed by atoms with Gasteiger partial charge >= 0.3 is 5.97 Å². The summed E-state index contributed by atoms with van der Waals surface area (Å²) in [6.45, 7) is 2.04. The predicted molar refractivity (Wildman–Crippen MR) is 89.4 cm³/mol. The van der Waals surface area contributed by atoms with E-state index in [-0.39, 0.29) is 18.3 Å². The number of hydrogen-bond acceptors (Lipinski definition) is 6. The van der Waals surface area contributed by atoms with Gasteiger partial charge in [0.1, 0.15) is 6.61 Å². The van der Waals surface area contributed by atoms with Crippen molar-refractivity contribution in [2.75, 3.05) is 14.2 Å². The van der Waals surface area contributed by atoms with Gasteiger partial charge in [-0.15, -0.1) is 0 Å². The van der Waals surface area contributed by atoms with Crippen molar-refractivity contribution in [1.29, 1.82) is 0 Å². The van der Waals surface area contributed by atoms with Crippen molar-refractivity contribution in [2.45, 2.75) is 13.5 Å². The summed E-state index contributed by atoms with van der Waals surface area (Å²) in [7, 11) is 2.83. The van der Waals surface area contributed by atoms with E-state index in [2.05, 4.69) is 9.89 Å². The number of benzene rings is 2. The Morgan fingerprint density at radius 3 is 2.33 bits per heavy atom. The first-order chi connectivity index (χ1) is 11.5. The highest BCUT2D eigenvalue weighted by Crippen LogP contribution is 2.26. The molecule has 0 heterocycles. The van der Waals surface area contributed by atoms with Crippen molar-refractivity contribution >= 4 is 11.7 Å². The van der Waals surface area contributed by atoms with Crippen LogP contribution in [0.15, 0.2) is 47.6 Å². The van der Waals surface area contributed by atoms with Gasteiger partial charge in [-0.05, 0) is 42.8 Å². The van der Waals surface area contributed by atoms with E-state index in [1.54, 1.807) is 49.4 Å². The Morgan fingerprint density at radius 1 is 1.08 bits per heavy atom. The van der Waals surface area contributed by atoms with Crippen LogP contribution in [0.5, 0.6) is 11.5 Å². The van der Waals surface area contributed by atoms with Gasteiger partial charge in [-0.2, -0.15) is 0 Å². The fourth-order valence-corrected chi connectivity index (χ4v) is 2.03. The van der Waals surface area contributed by atoms with Gasteiger partial charge in [0.05, 0.1) is 25.5 Å². The molecule has 2 rings (SSSR count). The molecule has 126 valence electrons. The molecule has 2 aromatic carbocycles. The number of aromatic hydroxyl groups is 1. The number of oxime groups is 1. The second-order valence-electron chi connectivity index (χ2n) is 5.03. The molecule has 0 saturated carbocycles. The van der Waals surface area contributed by atoms with Gasteiger partial charge in [0.25, 0.3) is 0 Å². The van der Waals surface area contributed by atoms with Crippen molar-refractivity contribution in [3.05, 3.63) is 59.2 Å². The molecule has 0 amide bonds. The Bertz CT molecular complexity index is 738. The van der Waals surface area contributed by atoms with E-state index in [9.17, 15) is 9.90 Å². The summed E-state index contributed by atoms with van der Waals surface area (Å²) in [5.41, 5.74) is 2.71. The van der Waals surface area contributed by atoms with Gasteiger partial charge in [-0.1, -0.05) is 17.3 Å². The van der Waals surface area contributed by atoms with Crippen molar-refractivity contribution in [3.8, 4) is 11.5 Å². The Morgan fingerprint density at radius 2 is 1.75 bits per heavy atom. The molecular weight excluding hydrogens is 310 g/mol. The van der Waals surface area contributed by atoms with Crippen LogP contribution in [0.4, 0.5) is 0 Å². The zero-order valence-corrected chi connectivity index (χ0v) is 13.8. The summed E-state index contributed by atoms with van der Waals surface area (Å²) < 4.78 is 9.64. The number of nitrogens with zero attached hydrogens (tertiary/aromatic N) is 1. The molecule has 0 bridgehead atoms. The molecule has 1 N–H and O–H groups in total. The van der Waals surface area contributed by atoms with Crippen LogP contribution in [-0.4, -0.2) is 31.0 Å². The molecule has 0 aliphatic rings. The minimum absolute atomic E-state index is 0.0444. The lowest BCUT2D eigenvalue weighted by Gasteiger charge is -2.06. The first kappa shape index (κ1) is 17.3. The largest absolute Gasteiger partial charge is 0.504 e. The maximum Gasteiger partial charge on any atom is 0.337 e. The lowest BCUT2D eigenvalue weighted by Crippen LogP contribution is -2.01. The Hall–Kier alpha value is -3.02. The zero-order chi connectivity index (χ0) is 17.5. The number of hydrogen-bond donors (Lipinski definition) is 1. The zero-order valence-electron chi connectivity index (χ0n) is 13.8. The number of methoxy groups -OCH3 is 2. The van der Waals surface area contributed by atoms with Crippen LogP contribution >= 0.6 is 0 Å². The summed E-state index contributed by atoms with van der Waals surface area (Å²) >= 11 is 0. The lowest BCUT2D eigenvalue weighted by molar-refractivity contribution is 0.0600. The van der Waals surface area contributed by atoms with E-state index < -0.39 is 0 Å². The average molecular weight is 329 g/mol. The van der Waals surface area contributed by atoms with Crippen LogP contribution in [0, 0.1) is 0 Å². The van der Waals surface area contributed by atoms with Crippen molar-refractivity contribution in [2.24, 2.45) is 5.16 Å². The third-order valence-electron chi connectivity index (χ3n) is 3.40. The normalized spacial score (nSPS) is 11.0. The van der Waals surface area contributed by atoms with Gasteiger partial charge < -0.3 is 19.4 Å². The van der Waals surface area contributed by atoms with Crippen LogP contribution in [-0.2, 0) is 16.2 Å². The third kappa shape index (κ3) is 4.25. The van der Waals surface area contributed by atoms with E-state index in [0.29, 0.717) is 17.0 Å². The van der Waals surface area contributed by atoms with Crippen LogP contribution < -0.4 is 4.74 Å². The van der Waals surface area contributed by atoms with Crippen LogP contribution in [0.3, 0.4) is 0 Å². The van der Waals surface area contributed by atoms with E-state index in [1.807, 2.05) is 0 Å². The fraction of sp³-hybridized carbons (Fsp3) is 0.222. The number of phenols is 1. The van der Waals surface area contributed by atoms with Crippen molar-refractivity contribution in [3.63, 3.8) is 0 Å². The van der Waals surface area contributed by atoms with Crippen molar-refractivity contribution in [1.82, 2.24) is 0 Å². The van der Waals surface area contributed by atoms with Gasteiger partial charge in [-0.3, -0.25) is 0 Å².